The normalized spacial score (nSPS) is 27.1. The summed E-state index contributed by atoms with van der Waals surface area (Å²) in [6.45, 7) is 2.37. The quantitative estimate of drug-likeness (QED) is 0.769. The lowest BCUT2D eigenvalue weighted by atomic mass is 10.0. The Balaban J connectivity index is 1.75. The van der Waals surface area contributed by atoms with Gasteiger partial charge >= 0.3 is 0 Å². The molecule has 2 unspecified atom stereocenters. The molecule has 94 valence electrons. The summed E-state index contributed by atoms with van der Waals surface area (Å²) in [5.74, 6) is 2.94. The summed E-state index contributed by atoms with van der Waals surface area (Å²) in [5.41, 5.74) is 1.04. The number of fused-ring (bicyclic) bond motifs is 2. The Morgan fingerprint density at radius 3 is 2.72 bits per heavy atom. The molecule has 1 saturated heterocycles. The van der Waals surface area contributed by atoms with E-state index in [9.17, 15) is 0 Å². The third-order valence-electron chi connectivity index (χ3n) is 4.67. The Hall–Kier alpha value is -1.58. The minimum Gasteiger partial charge on any atom is -0.355 e. The molecule has 1 aliphatic carbocycles. The first kappa shape index (κ1) is 10.4. The van der Waals surface area contributed by atoms with Crippen LogP contribution in [0, 0.1) is 11.8 Å². The topological polar surface area (TPSA) is 34.0 Å². The van der Waals surface area contributed by atoms with Gasteiger partial charge in [-0.25, -0.2) is 9.97 Å². The highest BCUT2D eigenvalue weighted by Gasteiger charge is 2.37. The van der Waals surface area contributed by atoms with E-state index >= 15 is 0 Å². The summed E-state index contributed by atoms with van der Waals surface area (Å²) in [6, 6.07) is 2.14. The summed E-state index contributed by atoms with van der Waals surface area (Å²) in [7, 11) is 2.04. The fourth-order valence-corrected chi connectivity index (χ4v) is 3.72. The first-order chi connectivity index (χ1) is 8.83. The number of aromatic nitrogens is 3. The molecule has 4 nitrogen and oxygen atoms in total. The molecule has 2 fully saturated rings. The van der Waals surface area contributed by atoms with Crippen LogP contribution in [-0.4, -0.2) is 27.6 Å². The molecule has 0 radical (unpaired) electrons. The average molecular weight is 242 g/mol. The predicted octanol–water partition coefficient (Wildman–Crippen LogP) is 2.20. The number of hydrogen-bond acceptors (Lipinski definition) is 3. The number of anilines is 1. The van der Waals surface area contributed by atoms with Crippen LogP contribution < -0.4 is 4.90 Å². The SMILES string of the molecule is Cn1ccc2c(N3CC4CCCC4C3)ncnc21. The van der Waals surface area contributed by atoms with E-state index in [-0.39, 0.29) is 0 Å². The Kier molecular flexibility index (Phi) is 2.13. The third kappa shape index (κ3) is 1.38. The van der Waals surface area contributed by atoms with Crippen LogP contribution in [0.5, 0.6) is 0 Å². The van der Waals surface area contributed by atoms with Gasteiger partial charge < -0.3 is 9.47 Å². The fourth-order valence-electron chi connectivity index (χ4n) is 3.72. The van der Waals surface area contributed by atoms with Gasteiger partial charge in [-0.1, -0.05) is 6.42 Å². The Morgan fingerprint density at radius 1 is 1.17 bits per heavy atom. The molecular formula is C14H18N4. The summed E-state index contributed by atoms with van der Waals surface area (Å²) < 4.78 is 2.07. The summed E-state index contributed by atoms with van der Waals surface area (Å²) >= 11 is 0. The van der Waals surface area contributed by atoms with Crippen LogP contribution >= 0.6 is 0 Å². The van der Waals surface area contributed by atoms with Crippen molar-refractivity contribution in [3.05, 3.63) is 18.6 Å². The Labute approximate surface area is 107 Å². The van der Waals surface area contributed by atoms with E-state index < -0.39 is 0 Å². The third-order valence-corrected chi connectivity index (χ3v) is 4.67. The molecule has 0 aromatic carbocycles. The molecule has 4 heteroatoms. The van der Waals surface area contributed by atoms with Gasteiger partial charge in [-0.05, 0) is 30.7 Å². The minimum absolute atomic E-state index is 0.902. The molecule has 0 bridgehead atoms. The fraction of sp³-hybridized carbons (Fsp3) is 0.571. The van der Waals surface area contributed by atoms with Crippen LogP contribution in [0.4, 0.5) is 5.82 Å². The monoisotopic (exact) mass is 242 g/mol. The highest BCUT2D eigenvalue weighted by atomic mass is 15.2. The molecule has 3 heterocycles. The first-order valence-electron chi connectivity index (χ1n) is 6.84. The van der Waals surface area contributed by atoms with Gasteiger partial charge in [0, 0.05) is 26.3 Å². The number of hydrogen-bond donors (Lipinski definition) is 0. The van der Waals surface area contributed by atoms with Gasteiger partial charge in [0.15, 0.2) is 0 Å². The van der Waals surface area contributed by atoms with Crippen LogP contribution in [-0.2, 0) is 7.05 Å². The van der Waals surface area contributed by atoms with E-state index in [0.717, 1.165) is 23.3 Å². The molecule has 1 saturated carbocycles. The van der Waals surface area contributed by atoms with Crippen LogP contribution in [0.1, 0.15) is 19.3 Å². The maximum Gasteiger partial charge on any atom is 0.145 e. The van der Waals surface area contributed by atoms with Crippen molar-refractivity contribution in [2.24, 2.45) is 18.9 Å². The second kappa shape index (κ2) is 3.70. The largest absolute Gasteiger partial charge is 0.355 e. The summed E-state index contributed by atoms with van der Waals surface area (Å²) in [5, 5.41) is 1.19. The zero-order valence-electron chi connectivity index (χ0n) is 10.7. The number of nitrogens with zero attached hydrogens (tertiary/aromatic N) is 4. The van der Waals surface area contributed by atoms with Gasteiger partial charge in [-0.3, -0.25) is 0 Å². The standard InChI is InChI=1S/C14H18N4/c1-17-6-5-12-13(17)15-9-16-14(12)18-7-10-3-2-4-11(10)8-18/h5-6,9-11H,2-4,7-8H2,1H3. The van der Waals surface area contributed by atoms with E-state index in [0.29, 0.717) is 0 Å². The van der Waals surface area contributed by atoms with Gasteiger partial charge in [-0.2, -0.15) is 0 Å². The molecule has 2 aromatic rings. The van der Waals surface area contributed by atoms with Crippen molar-refractivity contribution in [1.29, 1.82) is 0 Å². The van der Waals surface area contributed by atoms with Crippen molar-refractivity contribution < 1.29 is 0 Å². The van der Waals surface area contributed by atoms with E-state index in [4.69, 9.17) is 0 Å². The van der Waals surface area contributed by atoms with Gasteiger partial charge in [0.25, 0.3) is 0 Å². The van der Waals surface area contributed by atoms with Crippen LogP contribution in [0.25, 0.3) is 11.0 Å². The molecule has 2 atom stereocenters. The number of rotatable bonds is 1. The molecule has 18 heavy (non-hydrogen) atoms. The molecule has 2 aromatic heterocycles. The molecule has 0 N–H and O–H groups in total. The van der Waals surface area contributed by atoms with E-state index in [2.05, 4.69) is 31.7 Å². The maximum atomic E-state index is 4.53. The molecular weight excluding hydrogens is 224 g/mol. The van der Waals surface area contributed by atoms with Crippen LogP contribution in [0.15, 0.2) is 18.6 Å². The highest BCUT2D eigenvalue weighted by molar-refractivity contribution is 5.87. The lowest BCUT2D eigenvalue weighted by Gasteiger charge is -2.18. The lowest BCUT2D eigenvalue weighted by molar-refractivity contribution is 0.494. The minimum atomic E-state index is 0.902. The van der Waals surface area contributed by atoms with E-state index in [1.54, 1.807) is 6.33 Å². The predicted molar refractivity (Wildman–Crippen MR) is 71.6 cm³/mol. The van der Waals surface area contributed by atoms with Crippen molar-refractivity contribution >= 4 is 16.9 Å². The van der Waals surface area contributed by atoms with Crippen molar-refractivity contribution in [3.63, 3.8) is 0 Å². The highest BCUT2D eigenvalue weighted by Crippen LogP contribution is 2.40. The number of aryl methyl sites for hydroxylation is 1. The molecule has 1 aliphatic heterocycles. The van der Waals surface area contributed by atoms with Crippen molar-refractivity contribution in [2.45, 2.75) is 19.3 Å². The van der Waals surface area contributed by atoms with Crippen molar-refractivity contribution in [3.8, 4) is 0 Å². The van der Waals surface area contributed by atoms with Gasteiger partial charge in [0.05, 0.1) is 5.39 Å². The van der Waals surface area contributed by atoms with Gasteiger partial charge in [-0.15, -0.1) is 0 Å². The molecule has 0 amide bonds. The Morgan fingerprint density at radius 2 is 1.94 bits per heavy atom. The maximum absolute atomic E-state index is 4.53. The smallest absolute Gasteiger partial charge is 0.145 e. The molecule has 2 aliphatic rings. The zero-order chi connectivity index (χ0) is 12.1. The van der Waals surface area contributed by atoms with Crippen molar-refractivity contribution in [1.82, 2.24) is 14.5 Å². The summed E-state index contributed by atoms with van der Waals surface area (Å²) in [4.78, 5) is 11.4. The van der Waals surface area contributed by atoms with Gasteiger partial charge in [0.1, 0.15) is 17.8 Å². The van der Waals surface area contributed by atoms with Crippen molar-refractivity contribution in [2.75, 3.05) is 18.0 Å². The van der Waals surface area contributed by atoms with E-state index in [1.165, 1.54) is 37.7 Å². The lowest BCUT2D eigenvalue weighted by Crippen LogP contribution is -2.22. The second-order valence-corrected chi connectivity index (χ2v) is 5.72. The summed E-state index contributed by atoms with van der Waals surface area (Å²) in [6.07, 6.45) is 8.01. The molecule has 4 rings (SSSR count). The van der Waals surface area contributed by atoms with Gasteiger partial charge in [0.2, 0.25) is 0 Å². The zero-order valence-corrected chi connectivity index (χ0v) is 10.7. The molecule has 0 spiro atoms. The average Bonchev–Trinajstić information content (AvgIpc) is 3.03. The van der Waals surface area contributed by atoms with Crippen LogP contribution in [0.3, 0.4) is 0 Å². The van der Waals surface area contributed by atoms with E-state index in [1.807, 2.05) is 7.05 Å². The van der Waals surface area contributed by atoms with Crippen LogP contribution in [0.2, 0.25) is 0 Å². The second-order valence-electron chi connectivity index (χ2n) is 5.72. The Bertz CT molecular complexity index is 576. The first-order valence-corrected chi connectivity index (χ1v) is 6.84.